The summed E-state index contributed by atoms with van der Waals surface area (Å²) in [7, 11) is 0. The van der Waals surface area contributed by atoms with E-state index in [0.29, 0.717) is 13.1 Å². The average Bonchev–Trinajstić information content (AvgIpc) is 3.11. The van der Waals surface area contributed by atoms with Gasteiger partial charge in [-0.25, -0.2) is 0 Å². The van der Waals surface area contributed by atoms with Crippen LogP contribution < -0.4 is 11.5 Å². The van der Waals surface area contributed by atoms with Crippen LogP contribution in [-0.2, 0) is 0 Å². The Balaban J connectivity index is 2.46. The fourth-order valence-electron chi connectivity index (χ4n) is 1.47. The molecule has 1 fully saturated rings. The van der Waals surface area contributed by atoms with Gasteiger partial charge in [0.05, 0.1) is 0 Å². The highest BCUT2D eigenvalue weighted by molar-refractivity contribution is 6.04. The van der Waals surface area contributed by atoms with Crippen LogP contribution in [0.25, 0.3) is 0 Å². The quantitative estimate of drug-likeness (QED) is 0.677. The Bertz CT molecular complexity index is 488. The third-order valence-electron chi connectivity index (χ3n) is 2.48. The van der Waals surface area contributed by atoms with Crippen LogP contribution in [0.1, 0.15) is 31.1 Å². The van der Waals surface area contributed by atoms with E-state index in [9.17, 15) is 14.4 Å². The van der Waals surface area contributed by atoms with Gasteiger partial charge in [-0.3, -0.25) is 14.4 Å². The molecule has 1 saturated heterocycles. The van der Waals surface area contributed by atoms with E-state index in [1.165, 1.54) is 18.2 Å². The molecule has 1 aromatic carbocycles. The molecule has 88 valence electrons. The Hall–Kier alpha value is -2.37. The molecule has 0 atom stereocenters. The number of carbonyl (C=O) groups is 3. The predicted molar refractivity (Wildman–Crippen MR) is 59.4 cm³/mol. The highest BCUT2D eigenvalue weighted by atomic mass is 16.2. The number of hydrogen-bond donors (Lipinski definition) is 2. The highest BCUT2D eigenvalue weighted by Gasteiger charge is 2.26. The molecule has 1 heterocycles. The van der Waals surface area contributed by atoms with Crippen LogP contribution in [0.3, 0.4) is 0 Å². The number of primary amides is 2. The van der Waals surface area contributed by atoms with Gasteiger partial charge < -0.3 is 16.4 Å². The summed E-state index contributed by atoms with van der Waals surface area (Å²) < 4.78 is 0. The number of nitrogens with zero attached hydrogens (tertiary/aromatic N) is 1. The van der Waals surface area contributed by atoms with E-state index in [1.54, 1.807) is 4.90 Å². The Kier molecular flexibility index (Phi) is 2.55. The second-order valence-electron chi connectivity index (χ2n) is 3.82. The van der Waals surface area contributed by atoms with Gasteiger partial charge in [0.15, 0.2) is 0 Å². The number of amides is 3. The lowest BCUT2D eigenvalue weighted by atomic mass is 10.0. The molecule has 4 N–H and O–H groups in total. The molecule has 17 heavy (non-hydrogen) atoms. The SMILES string of the molecule is NC(=O)c1cc(C(N)=O)cc(C(=O)N2CC2)c1. The summed E-state index contributed by atoms with van der Waals surface area (Å²) in [5.41, 5.74) is 10.7. The van der Waals surface area contributed by atoms with Crippen molar-refractivity contribution in [3.63, 3.8) is 0 Å². The Labute approximate surface area is 97.2 Å². The fourth-order valence-corrected chi connectivity index (χ4v) is 1.47. The largest absolute Gasteiger partial charge is 0.366 e. The molecule has 0 spiro atoms. The van der Waals surface area contributed by atoms with Crippen molar-refractivity contribution in [1.82, 2.24) is 4.90 Å². The minimum atomic E-state index is -0.701. The minimum absolute atomic E-state index is 0.103. The van der Waals surface area contributed by atoms with Gasteiger partial charge in [-0.1, -0.05) is 0 Å². The normalized spacial score (nSPS) is 13.3. The molecule has 0 radical (unpaired) electrons. The van der Waals surface area contributed by atoms with Crippen LogP contribution in [-0.4, -0.2) is 35.7 Å². The number of hydrogen-bond acceptors (Lipinski definition) is 3. The summed E-state index contributed by atoms with van der Waals surface area (Å²) in [6, 6.07) is 4.02. The molecular formula is C11H11N3O3. The third kappa shape index (κ3) is 2.25. The lowest BCUT2D eigenvalue weighted by molar-refractivity contribution is 0.0885. The molecule has 0 saturated carbocycles. The Morgan fingerprint density at radius 2 is 1.29 bits per heavy atom. The summed E-state index contributed by atoms with van der Waals surface area (Å²) >= 11 is 0. The summed E-state index contributed by atoms with van der Waals surface area (Å²) in [5, 5.41) is 0. The third-order valence-corrected chi connectivity index (χ3v) is 2.48. The Morgan fingerprint density at radius 3 is 1.65 bits per heavy atom. The zero-order valence-corrected chi connectivity index (χ0v) is 8.97. The topological polar surface area (TPSA) is 106 Å². The van der Waals surface area contributed by atoms with Crippen molar-refractivity contribution in [2.45, 2.75) is 0 Å². The first-order chi connectivity index (χ1) is 7.99. The van der Waals surface area contributed by atoms with E-state index >= 15 is 0 Å². The van der Waals surface area contributed by atoms with Crippen molar-refractivity contribution in [2.75, 3.05) is 13.1 Å². The van der Waals surface area contributed by atoms with Gasteiger partial charge in [-0.15, -0.1) is 0 Å². The second kappa shape index (κ2) is 3.89. The number of benzene rings is 1. The molecule has 2 rings (SSSR count). The van der Waals surface area contributed by atoms with Gasteiger partial charge in [0, 0.05) is 29.8 Å². The lowest BCUT2D eigenvalue weighted by Crippen LogP contribution is -2.19. The van der Waals surface area contributed by atoms with E-state index in [2.05, 4.69) is 0 Å². The van der Waals surface area contributed by atoms with Crippen molar-refractivity contribution in [2.24, 2.45) is 11.5 Å². The summed E-state index contributed by atoms with van der Waals surface area (Å²) in [6.07, 6.45) is 0. The number of carbonyl (C=O) groups excluding carboxylic acids is 3. The first-order valence-electron chi connectivity index (χ1n) is 5.03. The van der Waals surface area contributed by atoms with Crippen molar-refractivity contribution in [3.8, 4) is 0 Å². The summed E-state index contributed by atoms with van der Waals surface area (Å²) in [4.78, 5) is 35.5. The summed E-state index contributed by atoms with van der Waals surface area (Å²) in [5.74, 6) is -1.63. The zero-order valence-electron chi connectivity index (χ0n) is 8.97. The van der Waals surface area contributed by atoms with Crippen LogP contribution in [0.5, 0.6) is 0 Å². The van der Waals surface area contributed by atoms with Crippen LogP contribution >= 0.6 is 0 Å². The lowest BCUT2D eigenvalue weighted by Gasteiger charge is -2.06. The molecule has 0 aliphatic carbocycles. The first kappa shape index (κ1) is 11.1. The molecule has 1 aromatic rings. The average molecular weight is 233 g/mol. The number of nitrogens with two attached hydrogens (primary N) is 2. The molecule has 0 unspecified atom stereocenters. The molecule has 6 heteroatoms. The van der Waals surface area contributed by atoms with Crippen LogP contribution in [0.4, 0.5) is 0 Å². The smallest absolute Gasteiger partial charge is 0.254 e. The molecule has 6 nitrogen and oxygen atoms in total. The van der Waals surface area contributed by atoms with Crippen LogP contribution in [0, 0.1) is 0 Å². The van der Waals surface area contributed by atoms with Gasteiger partial charge in [0.25, 0.3) is 5.91 Å². The molecule has 3 amide bonds. The van der Waals surface area contributed by atoms with Crippen molar-refractivity contribution in [3.05, 3.63) is 34.9 Å². The summed E-state index contributed by atoms with van der Waals surface area (Å²) in [6.45, 7) is 1.37. The van der Waals surface area contributed by atoms with Gasteiger partial charge in [-0.05, 0) is 18.2 Å². The first-order valence-corrected chi connectivity index (χ1v) is 5.03. The van der Waals surface area contributed by atoms with E-state index in [4.69, 9.17) is 11.5 Å². The second-order valence-corrected chi connectivity index (χ2v) is 3.82. The van der Waals surface area contributed by atoms with E-state index in [0.717, 1.165) is 0 Å². The molecule has 0 aromatic heterocycles. The maximum atomic E-state index is 11.8. The maximum Gasteiger partial charge on any atom is 0.254 e. The molecule has 1 aliphatic rings. The zero-order chi connectivity index (χ0) is 12.6. The predicted octanol–water partition coefficient (Wildman–Crippen LogP) is -0.660. The number of rotatable bonds is 3. The van der Waals surface area contributed by atoms with Gasteiger partial charge in [0.1, 0.15) is 0 Å². The van der Waals surface area contributed by atoms with Gasteiger partial charge in [-0.2, -0.15) is 0 Å². The fraction of sp³-hybridized carbons (Fsp3) is 0.182. The standard InChI is InChI=1S/C11H11N3O3/c12-9(15)6-3-7(10(13)16)5-8(4-6)11(17)14-1-2-14/h3-5H,1-2H2,(H2,12,15)(H2,13,16). The van der Waals surface area contributed by atoms with Crippen molar-refractivity contribution in [1.29, 1.82) is 0 Å². The van der Waals surface area contributed by atoms with E-state index in [1.807, 2.05) is 0 Å². The van der Waals surface area contributed by atoms with Crippen LogP contribution in [0.15, 0.2) is 18.2 Å². The van der Waals surface area contributed by atoms with Crippen LogP contribution in [0.2, 0.25) is 0 Å². The van der Waals surface area contributed by atoms with Crippen molar-refractivity contribution < 1.29 is 14.4 Å². The van der Waals surface area contributed by atoms with E-state index in [-0.39, 0.29) is 22.6 Å². The monoisotopic (exact) mass is 233 g/mol. The van der Waals surface area contributed by atoms with E-state index < -0.39 is 11.8 Å². The Morgan fingerprint density at radius 1 is 0.882 bits per heavy atom. The highest BCUT2D eigenvalue weighted by Crippen LogP contribution is 2.16. The molecule has 1 aliphatic heterocycles. The minimum Gasteiger partial charge on any atom is -0.366 e. The van der Waals surface area contributed by atoms with Gasteiger partial charge >= 0.3 is 0 Å². The van der Waals surface area contributed by atoms with Gasteiger partial charge in [0.2, 0.25) is 11.8 Å². The van der Waals surface area contributed by atoms with Crippen molar-refractivity contribution >= 4 is 17.7 Å². The molecule has 0 bridgehead atoms. The maximum absolute atomic E-state index is 11.8. The molecular weight excluding hydrogens is 222 g/mol.